The van der Waals surface area contributed by atoms with Gasteiger partial charge < -0.3 is 14.5 Å². The molecule has 0 aliphatic carbocycles. The third kappa shape index (κ3) is 5.19. The van der Waals surface area contributed by atoms with Crippen molar-refractivity contribution in [2.24, 2.45) is 0 Å². The lowest BCUT2D eigenvalue weighted by atomic mass is 10.1. The maximum Gasteiger partial charge on any atom is 0.222 e. The second-order valence-corrected chi connectivity index (χ2v) is 5.05. The molecule has 0 spiro atoms. The first-order chi connectivity index (χ1) is 9.06. The van der Waals surface area contributed by atoms with Gasteiger partial charge in [0.05, 0.1) is 0 Å². The van der Waals surface area contributed by atoms with E-state index in [1.807, 2.05) is 18.9 Å². The van der Waals surface area contributed by atoms with Crippen molar-refractivity contribution in [3.05, 3.63) is 0 Å². The van der Waals surface area contributed by atoms with E-state index in [1.165, 1.54) is 0 Å². The van der Waals surface area contributed by atoms with Gasteiger partial charge in [-0.15, -0.1) is 0 Å². The summed E-state index contributed by atoms with van der Waals surface area (Å²) < 4.78 is 5.30. The largest absolute Gasteiger partial charge is 0.381 e. The zero-order valence-electron chi connectivity index (χ0n) is 12.4. The van der Waals surface area contributed by atoms with Crippen molar-refractivity contribution in [1.29, 1.82) is 0 Å². The molecule has 0 bridgehead atoms. The number of carbonyl (C=O) groups is 2. The molecule has 1 saturated heterocycles. The van der Waals surface area contributed by atoms with Gasteiger partial charge in [0.15, 0.2) is 0 Å². The SMILES string of the molecule is CCN(CCCC(=O)N(C)C1CCOCC1)C(C)=O. The Hall–Kier alpha value is -1.10. The van der Waals surface area contributed by atoms with Crippen LogP contribution >= 0.6 is 0 Å². The molecule has 0 aromatic rings. The fourth-order valence-electron chi connectivity index (χ4n) is 2.41. The average molecular weight is 270 g/mol. The molecule has 1 heterocycles. The predicted molar refractivity (Wildman–Crippen MR) is 73.8 cm³/mol. The Kier molecular flexibility index (Phi) is 6.84. The van der Waals surface area contributed by atoms with Gasteiger partial charge in [-0.3, -0.25) is 9.59 Å². The first kappa shape index (κ1) is 16.0. The number of amides is 2. The normalized spacial score (nSPS) is 16.2. The number of rotatable bonds is 6. The van der Waals surface area contributed by atoms with Crippen LogP contribution in [0.3, 0.4) is 0 Å². The highest BCUT2D eigenvalue weighted by atomic mass is 16.5. The van der Waals surface area contributed by atoms with Crippen molar-refractivity contribution in [1.82, 2.24) is 9.80 Å². The Morgan fingerprint density at radius 2 is 1.89 bits per heavy atom. The number of hydrogen-bond donors (Lipinski definition) is 0. The highest BCUT2D eigenvalue weighted by Gasteiger charge is 2.22. The van der Waals surface area contributed by atoms with Gasteiger partial charge in [0.2, 0.25) is 11.8 Å². The molecule has 0 radical (unpaired) electrons. The topological polar surface area (TPSA) is 49.9 Å². The quantitative estimate of drug-likeness (QED) is 0.730. The summed E-state index contributed by atoms with van der Waals surface area (Å²) in [5.41, 5.74) is 0. The van der Waals surface area contributed by atoms with Gasteiger partial charge in [-0.05, 0) is 26.2 Å². The zero-order valence-corrected chi connectivity index (χ0v) is 12.4. The summed E-state index contributed by atoms with van der Waals surface area (Å²) >= 11 is 0. The molecule has 2 amide bonds. The van der Waals surface area contributed by atoms with Crippen LogP contribution in [0.25, 0.3) is 0 Å². The standard InChI is InChI=1S/C14H26N2O3/c1-4-16(12(2)17)9-5-6-14(18)15(3)13-7-10-19-11-8-13/h13H,4-11H2,1-3H3. The Labute approximate surface area is 115 Å². The van der Waals surface area contributed by atoms with Crippen LogP contribution in [-0.4, -0.2) is 61.0 Å². The fourth-order valence-corrected chi connectivity index (χ4v) is 2.41. The molecule has 0 N–H and O–H groups in total. The summed E-state index contributed by atoms with van der Waals surface area (Å²) in [6.07, 6.45) is 3.10. The lowest BCUT2D eigenvalue weighted by Crippen LogP contribution is -2.41. The Morgan fingerprint density at radius 3 is 2.42 bits per heavy atom. The van der Waals surface area contributed by atoms with Crippen LogP contribution in [0.1, 0.15) is 39.5 Å². The minimum absolute atomic E-state index is 0.0766. The molecule has 1 fully saturated rings. The van der Waals surface area contributed by atoms with Gasteiger partial charge in [-0.2, -0.15) is 0 Å². The highest BCUT2D eigenvalue weighted by Crippen LogP contribution is 2.14. The summed E-state index contributed by atoms with van der Waals surface area (Å²) in [6.45, 7) is 6.39. The fraction of sp³-hybridized carbons (Fsp3) is 0.857. The summed E-state index contributed by atoms with van der Waals surface area (Å²) in [5, 5.41) is 0. The zero-order chi connectivity index (χ0) is 14.3. The van der Waals surface area contributed by atoms with Crippen LogP contribution in [0.15, 0.2) is 0 Å². The van der Waals surface area contributed by atoms with Gasteiger partial charge in [-0.1, -0.05) is 0 Å². The summed E-state index contributed by atoms with van der Waals surface area (Å²) in [6, 6.07) is 0.316. The van der Waals surface area contributed by atoms with Gasteiger partial charge in [-0.25, -0.2) is 0 Å². The van der Waals surface area contributed by atoms with Gasteiger partial charge >= 0.3 is 0 Å². The van der Waals surface area contributed by atoms with E-state index in [1.54, 1.807) is 11.8 Å². The summed E-state index contributed by atoms with van der Waals surface area (Å²) in [7, 11) is 1.88. The first-order valence-corrected chi connectivity index (χ1v) is 7.15. The predicted octanol–water partition coefficient (Wildman–Crippen LogP) is 1.27. The second-order valence-electron chi connectivity index (χ2n) is 5.05. The van der Waals surface area contributed by atoms with E-state index >= 15 is 0 Å². The molecule has 0 saturated carbocycles. The van der Waals surface area contributed by atoms with E-state index in [2.05, 4.69) is 0 Å². The van der Waals surface area contributed by atoms with Crippen LogP contribution in [0.5, 0.6) is 0 Å². The minimum atomic E-state index is 0.0766. The van der Waals surface area contributed by atoms with Gasteiger partial charge in [0.25, 0.3) is 0 Å². The van der Waals surface area contributed by atoms with Crippen LogP contribution in [0.2, 0.25) is 0 Å². The van der Waals surface area contributed by atoms with Gasteiger partial charge in [0, 0.05) is 52.7 Å². The van der Waals surface area contributed by atoms with E-state index in [9.17, 15) is 9.59 Å². The molecule has 19 heavy (non-hydrogen) atoms. The van der Waals surface area contributed by atoms with Crippen LogP contribution in [-0.2, 0) is 14.3 Å². The lowest BCUT2D eigenvalue weighted by molar-refractivity contribution is -0.134. The van der Waals surface area contributed by atoms with Crippen LogP contribution in [0.4, 0.5) is 0 Å². The van der Waals surface area contributed by atoms with Crippen molar-refractivity contribution in [2.75, 3.05) is 33.4 Å². The number of ether oxygens (including phenoxy) is 1. The number of nitrogens with zero attached hydrogens (tertiary/aromatic N) is 2. The maximum atomic E-state index is 12.1. The van der Waals surface area contributed by atoms with Crippen LogP contribution < -0.4 is 0 Å². The highest BCUT2D eigenvalue weighted by molar-refractivity contribution is 5.76. The Bertz CT molecular complexity index is 301. The molecular formula is C14H26N2O3. The van der Waals surface area contributed by atoms with Crippen molar-refractivity contribution in [3.63, 3.8) is 0 Å². The van der Waals surface area contributed by atoms with E-state index in [0.29, 0.717) is 25.6 Å². The first-order valence-electron chi connectivity index (χ1n) is 7.15. The molecule has 0 aromatic heterocycles. The molecular weight excluding hydrogens is 244 g/mol. The van der Waals surface area contributed by atoms with E-state index in [4.69, 9.17) is 4.74 Å². The number of carbonyl (C=O) groups excluding carboxylic acids is 2. The van der Waals surface area contributed by atoms with Crippen molar-refractivity contribution >= 4 is 11.8 Å². The third-order valence-corrected chi connectivity index (χ3v) is 3.78. The molecule has 1 rings (SSSR count). The molecule has 1 aliphatic heterocycles. The monoisotopic (exact) mass is 270 g/mol. The smallest absolute Gasteiger partial charge is 0.222 e. The van der Waals surface area contributed by atoms with E-state index < -0.39 is 0 Å². The molecule has 1 aliphatic rings. The van der Waals surface area contributed by atoms with E-state index in [-0.39, 0.29) is 11.8 Å². The van der Waals surface area contributed by atoms with E-state index in [0.717, 1.165) is 32.5 Å². The minimum Gasteiger partial charge on any atom is -0.381 e. The van der Waals surface area contributed by atoms with Crippen molar-refractivity contribution in [2.45, 2.75) is 45.6 Å². The molecule has 0 unspecified atom stereocenters. The summed E-state index contributed by atoms with van der Waals surface area (Å²) in [5.74, 6) is 0.249. The van der Waals surface area contributed by atoms with Crippen molar-refractivity contribution < 1.29 is 14.3 Å². The van der Waals surface area contributed by atoms with Crippen LogP contribution in [0, 0.1) is 0 Å². The third-order valence-electron chi connectivity index (χ3n) is 3.78. The Balaban J connectivity index is 2.28. The average Bonchev–Trinajstić information content (AvgIpc) is 2.43. The molecule has 0 aromatic carbocycles. The molecule has 5 heteroatoms. The van der Waals surface area contributed by atoms with Crippen molar-refractivity contribution in [3.8, 4) is 0 Å². The maximum absolute atomic E-state index is 12.1. The Morgan fingerprint density at radius 1 is 1.26 bits per heavy atom. The van der Waals surface area contributed by atoms with Gasteiger partial charge in [0.1, 0.15) is 0 Å². The summed E-state index contributed by atoms with van der Waals surface area (Å²) in [4.78, 5) is 26.9. The molecule has 0 atom stereocenters. The molecule has 110 valence electrons. The number of hydrogen-bond acceptors (Lipinski definition) is 3. The second kappa shape index (κ2) is 8.15. The molecule has 5 nitrogen and oxygen atoms in total. The lowest BCUT2D eigenvalue weighted by Gasteiger charge is -2.31.